The Balaban J connectivity index is 0. The monoisotopic (exact) mass is 216 g/mol. The van der Waals surface area contributed by atoms with Gasteiger partial charge in [-0.1, -0.05) is 0 Å². The van der Waals surface area contributed by atoms with Crippen LogP contribution in [0.1, 0.15) is 0 Å². The number of hydrogen-bond acceptors (Lipinski definition) is 6. The predicted octanol–water partition coefficient (Wildman–Crippen LogP) is -5.48. The van der Waals surface area contributed by atoms with Crippen LogP contribution in [-0.2, 0) is 0 Å². The van der Waals surface area contributed by atoms with Crippen molar-refractivity contribution in [1.29, 1.82) is 0 Å². The van der Waals surface area contributed by atoms with E-state index >= 15 is 0 Å². The van der Waals surface area contributed by atoms with E-state index in [1.54, 1.807) is 0 Å². The standard InChI is InChI=1S/C6H12O6.2H2O/c7-1-2(8)4(10)6(12)5(11)3(1)9;;/h1-12H;2*1H2/t1-,2-,3-,4+,5-,6-;;. The first kappa shape index (κ1) is 16.1. The van der Waals surface area contributed by atoms with Crippen LogP contribution >= 0.6 is 0 Å². The molecule has 0 aromatic rings. The van der Waals surface area contributed by atoms with Gasteiger partial charge in [0.2, 0.25) is 0 Å². The second-order valence-electron chi connectivity index (χ2n) is 2.94. The van der Waals surface area contributed by atoms with Crippen molar-refractivity contribution in [2.75, 3.05) is 0 Å². The smallest absolute Gasteiger partial charge is 0.111 e. The third-order valence-electron chi connectivity index (χ3n) is 2.10. The van der Waals surface area contributed by atoms with E-state index in [4.69, 9.17) is 30.6 Å². The Kier molecular flexibility index (Phi) is 6.37. The molecule has 0 radical (unpaired) electrons. The fourth-order valence-corrected chi connectivity index (χ4v) is 1.21. The molecule has 1 saturated carbocycles. The van der Waals surface area contributed by atoms with Gasteiger partial charge in [-0.2, -0.15) is 0 Å². The molecular weight excluding hydrogens is 200 g/mol. The molecule has 0 aromatic heterocycles. The molecule has 0 aliphatic heterocycles. The Morgan fingerprint density at radius 1 is 0.357 bits per heavy atom. The molecule has 0 amide bonds. The van der Waals surface area contributed by atoms with Crippen LogP contribution in [0.2, 0.25) is 0 Å². The molecule has 1 fully saturated rings. The number of aliphatic hydroxyl groups is 6. The van der Waals surface area contributed by atoms with Crippen molar-refractivity contribution in [1.82, 2.24) is 0 Å². The van der Waals surface area contributed by atoms with Crippen LogP contribution in [0.25, 0.3) is 0 Å². The highest BCUT2D eigenvalue weighted by Crippen LogP contribution is 2.20. The normalized spacial score (nSPS) is 47.6. The summed E-state index contributed by atoms with van der Waals surface area (Å²) in [5.41, 5.74) is 0. The van der Waals surface area contributed by atoms with E-state index in [2.05, 4.69) is 0 Å². The van der Waals surface area contributed by atoms with E-state index in [-0.39, 0.29) is 11.0 Å². The molecule has 88 valence electrons. The van der Waals surface area contributed by atoms with Gasteiger partial charge in [-0.3, -0.25) is 0 Å². The molecule has 0 atom stereocenters. The third kappa shape index (κ3) is 2.38. The zero-order valence-corrected chi connectivity index (χ0v) is 7.15. The van der Waals surface area contributed by atoms with Crippen LogP contribution in [-0.4, -0.2) is 78.2 Å². The Hall–Kier alpha value is -0.320. The molecule has 0 unspecified atom stereocenters. The molecule has 1 aliphatic rings. The van der Waals surface area contributed by atoms with Crippen molar-refractivity contribution < 1.29 is 41.6 Å². The van der Waals surface area contributed by atoms with Gasteiger partial charge in [-0.15, -0.1) is 0 Å². The van der Waals surface area contributed by atoms with Crippen molar-refractivity contribution in [3.05, 3.63) is 0 Å². The van der Waals surface area contributed by atoms with E-state index < -0.39 is 36.6 Å². The Morgan fingerprint density at radius 2 is 0.429 bits per heavy atom. The van der Waals surface area contributed by atoms with Crippen LogP contribution in [0.15, 0.2) is 0 Å². The molecule has 8 nitrogen and oxygen atoms in total. The minimum Gasteiger partial charge on any atom is -0.412 e. The summed E-state index contributed by atoms with van der Waals surface area (Å²) >= 11 is 0. The summed E-state index contributed by atoms with van der Waals surface area (Å²) in [4.78, 5) is 0. The highest BCUT2D eigenvalue weighted by atomic mass is 16.4. The summed E-state index contributed by atoms with van der Waals surface area (Å²) in [5, 5.41) is 53.8. The van der Waals surface area contributed by atoms with Crippen molar-refractivity contribution in [3.8, 4) is 0 Å². The molecule has 1 aliphatic carbocycles. The lowest BCUT2D eigenvalue weighted by Crippen LogP contribution is -2.63. The minimum atomic E-state index is -1.64. The highest BCUT2D eigenvalue weighted by Gasteiger charge is 2.47. The van der Waals surface area contributed by atoms with Gasteiger partial charge in [-0.05, 0) is 0 Å². The molecule has 0 spiro atoms. The fourth-order valence-electron chi connectivity index (χ4n) is 1.21. The molecule has 0 saturated heterocycles. The third-order valence-corrected chi connectivity index (χ3v) is 2.10. The van der Waals surface area contributed by atoms with Crippen LogP contribution < -0.4 is 0 Å². The predicted molar refractivity (Wildman–Crippen MR) is 43.3 cm³/mol. The molecule has 0 bridgehead atoms. The van der Waals surface area contributed by atoms with Crippen molar-refractivity contribution in [2.24, 2.45) is 0 Å². The molecular formula is C6H16O8. The summed E-state index contributed by atoms with van der Waals surface area (Å²) < 4.78 is 0. The van der Waals surface area contributed by atoms with Crippen molar-refractivity contribution in [2.45, 2.75) is 36.6 Å². The average molecular weight is 216 g/mol. The topological polar surface area (TPSA) is 184 Å². The summed E-state index contributed by atoms with van der Waals surface area (Å²) in [6, 6.07) is 0. The Morgan fingerprint density at radius 3 is 0.500 bits per heavy atom. The second-order valence-corrected chi connectivity index (χ2v) is 2.94. The molecule has 8 heteroatoms. The van der Waals surface area contributed by atoms with E-state index in [9.17, 15) is 0 Å². The van der Waals surface area contributed by atoms with Gasteiger partial charge in [0.05, 0.1) is 0 Å². The summed E-state index contributed by atoms with van der Waals surface area (Å²) in [6.45, 7) is 0. The van der Waals surface area contributed by atoms with Gasteiger partial charge < -0.3 is 41.6 Å². The second kappa shape index (κ2) is 5.53. The zero-order valence-electron chi connectivity index (χ0n) is 7.15. The first-order valence-electron chi connectivity index (χ1n) is 3.55. The maximum Gasteiger partial charge on any atom is 0.111 e. The number of hydrogen-bond donors (Lipinski definition) is 6. The fraction of sp³-hybridized carbons (Fsp3) is 1.00. The van der Waals surface area contributed by atoms with Gasteiger partial charge in [-0.25, -0.2) is 0 Å². The lowest BCUT2D eigenvalue weighted by molar-refractivity contribution is -0.223. The molecule has 0 heterocycles. The van der Waals surface area contributed by atoms with Crippen LogP contribution in [0.4, 0.5) is 0 Å². The van der Waals surface area contributed by atoms with Crippen LogP contribution in [0, 0.1) is 0 Å². The first-order valence-corrected chi connectivity index (χ1v) is 3.55. The van der Waals surface area contributed by atoms with Gasteiger partial charge in [0.1, 0.15) is 36.6 Å². The lowest BCUT2D eigenvalue weighted by Gasteiger charge is -2.39. The number of aliphatic hydroxyl groups excluding tert-OH is 6. The molecule has 1 rings (SSSR count). The SMILES string of the molecule is O.O.O[C@H]1[C@H](O)[C@@H](O)[C@H](O)[C@@H](O)[C@H]1O. The summed E-state index contributed by atoms with van der Waals surface area (Å²) in [7, 11) is 0. The first-order chi connectivity index (χ1) is 5.46. The van der Waals surface area contributed by atoms with Crippen LogP contribution in [0.3, 0.4) is 0 Å². The largest absolute Gasteiger partial charge is 0.412 e. The highest BCUT2D eigenvalue weighted by molar-refractivity contribution is 4.98. The maximum absolute atomic E-state index is 8.97. The summed E-state index contributed by atoms with van der Waals surface area (Å²) in [5.74, 6) is 0. The van der Waals surface area contributed by atoms with E-state index in [1.807, 2.05) is 0 Å². The van der Waals surface area contributed by atoms with Crippen molar-refractivity contribution in [3.63, 3.8) is 0 Å². The molecule has 10 N–H and O–H groups in total. The Labute approximate surface area is 79.3 Å². The van der Waals surface area contributed by atoms with Gasteiger partial charge in [0, 0.05) is 0 Å². The van der Waals surface area contributed by atoms with Gasteiger partial charge >= 0.3 is 0 Å². The zero-order chi connectivity index (χ0) is 9.46. The van der Waals surface area contributed by atoms with E-state index in [0.29, 0.717) is 0 Å². The van der Waals surface area contributed by atoms with Crippen molar-refractivity contribution >= 4 is 0 Å². The quantitative estimate of drug-likeness (QED) is 0.234. The van der Waals surface area contributed by atoms with E-state index in [1.165, 1.54) is 0 Å². The number of rotatable bonds is 0. The van der Waals surface area contributed by atoms with Gasteiger partial charge in [0.25, 0.3) is 0 Å². The van der Waals surface area contributed by atoms with Crippen LogP contribution in [0.5, 0.6) is 0 Å². The average Bonchev–Trinajstić information content (AvgIpc) is 2.08. The minimum absolute atomic E-state index is 0. The van der Waals surface area contributed by atoms with E-state index in [0.717, 1.165) is 0 Å². The molecule has 14 heavy (non-hydrogen) atoms. The maximum atomic E-state index is 8.97. The van der Waals surface area contributed by atoms with Gasteiger partial charge in [0.15, 0.2) is 0 Å². The molecule has 0 aromatic carbocycles. The lowest BCUT2D eigenvalue weighted by atomic mass is 9.85. The summed E-state index contributed by atoms with van der Waals surface area (Å²) in [6.07, 6.45) is -9.84. The Bertz CT molecular complexity index is 105.